The molecule has 0 saturated heterocycles. The lowest BCUT2D eigenvalue weighted by Gasteiger charge is -2.61. The van der Waals surface area contributed by atoms with Gasteiger partial charge in [0.25, 0.3) is 0 Å². The first-order valence-electron chi connectivity index (χ1n) is 12.4. The molecule has 3 N–H and O–H groups in total. The van der Waals surface area contributed by atoms with Crippen molar-refractivity contribution in [2.45, 2.75) is 75.0 Å². The molecule has 0 spiro atoms. The van der Waals surface area contributed by atoms with Gasteiger partial charge in [0.05, 0.1) is 12.3 Å². The Morgan fingerprint density at radius 2 is 1.93 bits per heavy atom. The maximum absolute atomic E-state index is 15.2. The first-order chi connectivity index (χ1) is 18.8. The molecule has 7 rings (SSSR count). The molecule has 4 aliphatic carbocycles. The van der Waals surface area contributed by atoms with E-state index in [-0.39, 0.29) is 23.7 Å². The molecule has 3 aromatic rings. The number of nitrogens with zero attached hydrogens (tertiary/aromatic N) is 4. The summed E-state index contributed by atoms with van der Waals surface area (Å²) in [5.74, 6) is -0.207. The monoisotopic (exact) mass is 577 g/mol. The number of carbonyl (C=O) groups excluding carboxylic acids is 1. The minimum Gasteiger partial charge on any atom is -0.443 e. The number of amides is 1. The van der Waals surface area contributed by atoms with E-state index in [0.717, 1.165) is 29.9 Å². The first-order valence-corrected chi connectivity index (χ1v) is 12.4. The van der Waals surface area contributed by atoms with E-state index in [2.05, 4.69) is 35.5 Å². The minimum absolute atomic E-state index is 0.0586. The van der Waals surface area contributed by atoms with Gasteiger partial charge in [-0.3, -0.25) is 14.2 Å². The van der Waals surface area contributed by atoms with E-state index in [1.54, 1.807) is 0 Å². The molecule has 3 aromatic heterocycles. The molecule has 4 fully saturated rings. The zero-order valence-corrected chi connectivity index (χ0v) is 20.4. The van der Waals surface area contributed by atoms with E-state index < -0.39 is 60.3 Å². The lowest BCUT2D eigenvalue weighted by molar-refractivity contribution is -0.330. The molecule has 4 aliphatic rings. The summed E-state index contributed by atoms with van der Waals surface area (Å²) < 4.78 is 103. The minimum atomic E-state index is -5.01. The van der Waals surface area contributed by atoms with E-state index in [0.29, 0.717) is 24.2 Å². The molecule has 0 radical (unpaired) electrons. The van der Waals surface area contributed by atoms with Gasteiger partial charge in [-0.1, -0.05) is 0 Å². The van der Waals surface area contributed by atoms with E-state index in [1.165, 1.54) is 6.07 Å². The van der Waals surface area contributed by atoms with E-state index >= 15 is 4.39 Å². The van der Waals surface area contributed by atoms with Crippen molar-refractivity contribution in [2.24, 2.45) is 5.92 Å². The van der Waals surface area contributed by atoms with Gasteiger partial charge >= 0.3 is 18.6 Å². The second kappa shape index (κ2) is 9.21. The number of carbonyl (C=O) groups is 1. The molecule has 4 saturated carbocycles. The van der Waals surface area contributed by atoms with Crippen LogP contribution in [0, 0.1) is 5.92 Å². The quantitative estimate of drug-likeness (QED) is 0.334. The van der Waals surface area contributed by atoms with Crippen molar-refractivity contribution in [3.05, 3.63) is 35.4 Å². The number of fused-ring (bicyclic) bond motifs is 1. The smallest absolute Gasteiger partial charge is 0.443 e. The van der Waals surface area contributed by atoms with Crippen LogP contribution in [0.2, 0.25) is 0 Å². The summed E-state index contributed by atoms with van der Waals surface area (Å²) in [7, 11) is 0. The van der Waals surface area contributed by atoms with E-state index in [1.807, 2.05) is 0 Å². The van der Waals surface area contributed by atoms with Gasteiger partial charge in [0.2, 0.25) is 5.95 Å². The molecule has 3 heterocycles. The standard InChI is InChI=1S/C23H22F7N7O3/c24-17-12(1-2-15(17)40-20(38)34-21-4-10(5-21)6-21)14-3-16(36-35-14)33-19-31-7-13(22(25,26)27)18-32-11(8-37(18)19)9-39-23(28,29)30/h3,7-8,10,12,15,17H,1-2,4-6,9H2,(H,34,38)(H2,31,33,35,36)/t10?,12-,15-,17-,21?/m0/s1. The van der Waals surface area contributed by atoms with Crippen molar-refractivity contribution in [1.29, 1.82) is 0 Å². The predicted molar refractivity (Wildman–Crippen MR) is 121 cm³/mol. The van der Waals surface area contributed by atoms with Gasteiger partial charge in [-0.05, 0) is 38.0 Å². The maximum atomic E-state index is 15.2. The van der Waals surface area contributed by atoms with Gasteiger partial charge in [-0.2, -0.15) is 18.3 Å². The number of aromatic amines is 1. The largest absolute Gasteiger partial charge is 0.522 e. The van der Waals surface area contributed by atoms with Crippen LogP contribution in [0.3, 0.4) is 0 Å². The van der Waals surface area contributed by atoms with Gasteiger partial charge in [-0.15, -0.1) is 13.2 Å². The molecule has 10 nitrogen and oxygen atoms in total. The number of imidazole rings is 1. The summed E-state index contributed by atoms with van der Waals surface area (Å²) in [5.41, 5.74) is -2.23. The summed E-state index contributed by atoms with van der Waals surface area (Å²) >= 11 is 0. The van der Waals surface area contributed by atoms with Gasteiger partial charge in [0.1, 0.15) is 17.8 Å². The zero-order valence-electron chi connectivity index (χ0n) is 20.4. The van der Waals surface area contributed by atoms with Crippen LogP contribution in [0.4, 0.5) is 47.3 Å². The summed E-state index contributed by atoms with van der Waals surface area (Å²) in [6.45, 7) is -1.11. The Bertz CT molecular complexity index is 1420. The highest BCUT2D eigenvalue weighted by Crippen LogP contribution is 2.57. The molecule has 17 heteroatoms. The fourth-order valence-electron chi connectivity index (χ4n) is 5.64. The van der Waals surface area contributed by atoms with E-state index in [9.17, 15) is 31.1 Å². The third kappa shape index (κ3) is 5.01. The number of rotatable bonds is 7. The van der Waals surface area contributed by atoms with Crippen LogP contribution in [-0.2, 0) is 22.3 Å². The predicted octanol–water partition coefficient (Wildman–Crippen LogP) is 5.11. The van der Waals surface area contributed by atoms with Crippen molar-refractivity contribution in [3.63, 3.8) is 0 Å². The number of alkyl carbamates (subject to hydrolysis) is 1. The number of ether oxygens (including phenoxy) is 2. The molecule has 2 bridgehead atoms. The highest BCUT2D eigenvalue weighted by atomic mass is 19.4. The molecule has 40 heavy (non-hydrogen) atoms. The van der Waals surface area contributed by atoms with Crippen LogP contribution in [0.25, 0.3) is 5.65 Å². The van der Waals surface area contributed by atoms with Crippen molar-refractivity contribution < 1.29 is 45.0 Å². The second-order valence-corrected chi connectivity index (χ2v) is 10.4. The number of hydrogen-bond acceptors (Lipinski definition) is 7. The number of halogens is 7. The molecule has 216 valence electrons. The first kappa shape index (κ1) is 26.6. The lowest BCUT2D eigenvalue weighted by Crippen LogP contribution is -2.68. The molecular weight excluding hydrogens is 555 g/mol. The van der Waals surface area contributed by atoms with Crippen LogP contribution < -0.4 is 10.6 Å². The molecule has 0 unspecified atom stereocenters. The number of nitrogens with one attached hydrogen (secondary N) is 3. The average molecular weight is 577 g/mol. The number of hydrogen-bond donors (Lipinski definition) is 3. The van der Waals surface area contributed by atoms with Crippen molar-refractivity contribution in [1.82, 2.24) is 29.9 Å². The van der Waals surface area contributed by atoms with E-state index in [4.69, 9.17) is 4.74 Å². The molecule has 0 aliphatic heterocycles. The Morgan fingerprint density at radius 3 is 2.58 bits per heavy atom. The van der Waals surface area contributed by atoms with Crippen molar-refractivity contribution in [2.75, 3.05) is 5.32 Å². The Balaban J connectivity index is 1.16. The van der Waals surface area contributed by atoms with Crippen LogP contribution >= 0.6 is 0 Å². The third-order valence-electron chi connectivity index (χ3n) is 7.63. The highest BCUT2D eigenvalue weighted by molar-refractivity contribution is 5.69. The second-order valence-electron chi connectivity index (χ2n) is 10.4. The Labute approximate surface area is 220 Å². The van der Waals surface area contributed by atoms with Crippen LogP contribution in [0.15, 0.2) is 18.5 Å². The topological polar surface area (TPSA) is 118 Å². The van der Waals surface area contributed by atoms with Crippen LogP contribution in [-0.4, -0.2) is 54.8 Å². The van der Waals surface area contributed by atoms with Gasteiger partial charge < -0.3 is 15.4 Å². The van der Waals surface area contributed by atoms with Gasteiger partial charge in [0, 0.05) is 35.6 Å². The summed E-state index contributed by atoms with van der Waals surface area (Å²) in [6.07, 6.45) is -8.20. The van der Waals surface area contributed by atoms with Crippen molar-refractivity contribution >= 4 is 23.5 Å². The summed E-state index contributed by atoms with van der Waals surface area (Å²) in [5, 5.41) is 12.2. The Morgan fingerprint density at radius 1 is 1.18 bits per heavy atom. The SMILES string of the molecule is O=C(NC12CC(C1)C2)O[C@H]1CC[C@@H](c2cc(Nc3ncc(C(F)(F)F)c4nc(COC(F)(F)F)cn34)n[nH]2)[C@@H]1F. The molecular formula is C23H22F7N7O3. The molecule has 1 amide bonds. The molecule has 3 atom stereocenters. The Kier molecular flexibility index (Phi) is 6.12. The number of H-pyrrole nitrogens is 1. The summed E-state index contributed by atoms with van der Waals surface area (Å²) in [4.78, 5) is 19.6. The van der Waals surface area contributed by atoms with Crippen LogP contribution in [0.5, 0.6) is 0 Å². The maximum Gasteiger partial charge on any atom is 0.522 e. The van der Waals surface area contributed by atoms with Gasteiger partial charge in [-0.25, -0.2) is 19.2 Å². The normalized spacial score (nSPS) is 27.8. The third-order valence-corrected chi connectivity index (χ3v) is 7.63. The lowest BCUT2D eigenvalue weighted by atomic mass is 9.50. The summed E-state index contributed by atoms with van der Waals surface area (Å²) in [6, 6.07) is 1.43. The number of alkyl halides is 7. The zero-order chi connectivity index (χ0) is 28.4. The molecule has 0 aromatic carbocycles. The van der Waals surface area contributed by atoms with Crippen LogP contribution in [0.1, 0.15) is 55.0 Å². The highest BCUT2D eigenvalue weighted by Gasteiger charge is 2.58. The fraction of sp³-hybridized carbons (Fsp3) is 0.565. The fourth-order valence-corrected chi connectivity index (χ4v) is 5.64. The Hall–Kier alpha value is -3.63. The average Bonchev–Trinajstić information content (AvgIpc) is 3.52. The number of aromatic nitrogens is 5. The number of anilines is 2. The van der Waals surface area contributed by atoms with Crippen molar-refractivity contribution in [3.8, 4) is 0 Å². The van der Waals surface area contributed by atoms with Gasteiger partial charge in [0.15, 0.2) is 11.5 Å².